The van der Waals surface area contributed by atoms with Crippen LogP contribution in [0.15, 0.2) is 122 Å². The second-order valence-corrected chi connectivity index (χ2v) is 17.4. The average molecular weight is 927 g/mol. The van der Waals surface area contributed by atoms with Gasteiger partial charge in [-0.3, -0.25) is 14.4 Å². The molecule has 0 bridgehead atoms. The quantitative estimate of drug-likeness (QED) is 0.0262. The number of esters is 3. The van der Waals surface area contributed by atoms with Gasteiger partial charge in [-0.2, -0.15) is 0 Å². The summed E-state index contributed by atoms with van der Waals surface area (Å²) in [5.41, 5.74) is 0. The van der Waals surface area contributed by atoms with Crippen molar-refractivity contribution in [1.29, 1.82) is 0 Å². The third kappa shape index (κ3) is 52.6. The molecule has 0 aromatic carbocycles. The van der Waals surface area contributed by atoms with Crippen LogP contribution in [0.4, 0.5) is 0 Å². The zero-order valence-electron chi connectivity index (χ0n) is 43.1. The van der Waals surface area contributed by atoms with E-state index in [0.717, 1.165) is 128 Å². The molecule has 0 fully saturated rings. The van der Waals surface area contributed by atoms with Gasteiger partial charge in [-0.1, -0.05) is 194 Å². The summed E-state index contributed by atoms with van der Waals surface area (Å²) in [7, 11) is 0. The number of unbranched alkanes of at least 4 members (excludes halogenated alkanes) is 16. The standard InChI is InChI=1S/C61H98O6/c1-4-7-10-13-16-19-22-25-28-29-30-31-34-36-39-42-45-48-51-54-60(63)66-57-58(67-61(64)55-52-49-46-43-40-37-33-27-24-21-18-15-12-9-6-3)56-65-59(62)53-50-47-44-41-38-35-32-26-23-20-17-14-11-8-5-2/h9,12,16-21,25-28,30-33,36,38-39,41,58H,4-8,10-11,13-15,22-24,29,34-35,37,40,42-57H2,1-3H3/b12-9-,19-16-,20-17-,21-18-,28-25-,31-30-,32-26-,33-27-,39-36-,41-38-/t58-/m1/s1. The van der Waals surface area contributed by atoms with Crippen LogP contribution in [-0.4, -0.2) is 37.2 Å². The van der Waals surface area contributed by atoms with Gasteiger partial charge in [0.25, 0.3) is 0 Å². The van der Waals surface area contributed by atoms with Crippen molar-refractivity contribution in [3.63, 3.8) is 0 Å². The van der Waals surface area contributed by atoms with Crippen molar-refractivity contribution in [1.82, 2.24) is 0 Å². The lowest BCUT2D eigenvalue weighted by Gasteiger charge is -2.18. The van der Waals surface area contributed by atoms with Crippen LogP contribution in [0.25, 0.3) is 0 Å². The molecule has 0 N–H and O–H groups in total. The smallest absolute Gasteiger partial charge is 0.306 e. The maximum absolute atomic E-state index is 12.8. The average Bonchev–Trinajstić information content (AvgIpc) is 3.33. The first kappa shape index (κ1) is 62.8. The molecule has 0 aliphatic carbocycles. The van der Waals surface area contributed by atoms with E-state index >= 15 is 0 Å². The zero-order chi connectivity index (χ0) is 48.6. The van der Waals surface area contributed by atoms with Gasteiger partial charge in [0.2, 0.25) is 0 Å². The Morgan fingerprint density at radius 3 is 0.955 bits per heavy atom. The maximum Gasteiger partial charge on any atom is 0.306 e. The maximum atomic E-state index is 12.8. The predicted octanol–water partition coefficient (Wildman–Crippen LogP) is 18.1. The highest BCUT2D eigenvalue weighted by atomic mass is 16.6. The Morgan fingerprint density at radius 2 is 0.582 bits per heavy atom. The van der Waals surface area contributed by atoms with Gasteiger partial charge in [0.1, 0.15) is 13.2 Å². The van der Waals surface area contributed by atoms with Crippen molar-refractivity contribution in [3.8, 4) is 0 Å². The van der Waals surface area contributed by atoms with Gasteiger partial charge in [-0.25, -0.2) is 0 Å². The molecule has 378 valence electrons. The number of hydrogen-bond acceptors (Lipinski definition) is 6. The summed E-state index contributed by atoms with van der Waals surface area (Å²) in [5.74, 6) is -1.01. The molecule has 0 rings (SSSR count). The molecule has 0 saturated heterocycles. The van der Waals surface area contributed by atoms with Crippen LogP contribution in [0, 0.1) is 0 Å². The van der Waals surface area contributed by atoms with Crippen LogP contribution in [0.3, 0.4) is 0 Å². The monoisotopic (exact) mass is 927 g/mol. The molecule has 0 spiro atoms. The van der Waals surface area contributed by atoms with Crippen molar-refractivity contribution in [2.24, 2.45) is 0 Å². The highest BCUT2D eigenvalue weighted by Crippen LogP contribution is 2.12. The second-order valence-electron chi connectivity index (χ2n) is 17.4. The number of ether oxygens (including phenoxy) is 3. The van der Waals surface area contributed by atoms with Crippen LogP contribution in [0.5, 0.6) is 0 Å². The highest BCUT2D eigenvalue weighted by Gasteiger charge is 2.19. The summed E-state index contributed by atoms with van der Waals surface area (Å²) in [4.78, 5) is 38.1. The predicted molar refractivity (Wildman–Crippen MR) is 288 cm³/mol. The molecule has 0 heterocycles. The topological polar surface area (TPSA) is 78.9 Å². The number of hydrogen-bond donors (Lipinski definition) is 0. The van der Waals surface area contributed by atoms with E-state index in [4.69, 9.17) is 14.2 Å². The fourth-order valence-corrected chi connectivity index (χ4v) is 6.86. The molecule has 6 nitrogen and oxygen atoms in total. The van der Waals surface area contributed by atoms with Gasteiger partial charge >= 0.3 is 17.9 Å². The Bertz CT molecular complexity index is 1440. The lowest BCUT2D eigenvalue weighted by atomic mass is 10.1. The Morgan fingerprint density at radius 1 is 0.313 bits per heavy atom. The minimum absolute atomic E-state index is 0.117. The van der Waals surface area contributed by atoms with Gasteiger partial charge in [-0.05, 0) is 135 Å². The third-order valence-corrected chi connectivity index (χ3v) is 10.9. The van der Waals surface area contributed by atoms with Crippen LogP contribution in [0.1, 0.15) is 226 Å². The van der Waals surface area contributed by atoms with Crippen molar-refractivity contribution >= 4 is 17.9 Å². The number of rotatable bonds is 47. The highest BCUT2D eigenvalue weighted by molar-refractivity contribution is 5.71. The van der Waals surface area contributed by atoms with Crippen LogP contribution < -0.4 is 0 Å². The fourth-order valence-electron chi connectivity index (χ4n) is 6.86. The molecule has 0 unspecified atom stereocenters. The third-order valence-electron chi connectivity index (χ3n) is 10.9. The van der Waals surface area contributed by atoms with Gasteiger partial charge in [0.05, 0.1) is 0 Å². The summed E-state index contributed by atoms with van der Waals surface area (Å²) in [5, 5.41) is 0. The molecule has 1 atom stereocenters. The van der Waals surface area contributed by atoms with Crippen molar-refractivity contribution in [2.45, 2.75) is 232 Å². The molecule has 0 aromatic rings. The van der Waals surface area contributed by atoms with E-state index in [2.05, 4.69) is 142 Å². The van der Waals surface area contributed by atoms with Crippen molar-refractivity contribution in [2.75, 3.05) is 13.2 Å². The van der Waals surface area contributed by atoms with Crippen LogP contribution >= 0.6 is 0 Å². The van der Waals surface area contributed by atoms with Gasteiger partial charge in [0, 0.05) is 19.3 Å². The summed E-state index contributed by atoms with van der Waals surface area (Å²) in [6.07, 6.45) is 74.7. The Balaban J connectivity index is 4.55. The van der Waals surface area contributed by atoms with E-state index in [0.29, 0.717) is 19.3 Å². The number of allylic oxidation sites excluding steroid dienone is 20. The molecule has 0 saturated carbocycles. The molecule has 0 amide bonds. The lowest BCUT2D eigenvalue weighted by molar-refractivity contribution is -0.167. The van der Waals surface area contributed by atoms with Crippen molar-refractivity contribution in [3.05, 3.63) is 122 Å². The SMILES string of the molecule is CC/C=C\C/C=C\C/C=C\CCCCCCCC(=O)O[C@H](COC(=O)CCCC/C=C\C/C=C\C/C=C\CCCCC)COC(=O)CCCCC/C=C\C/C=C\C/C=C\C/C=C\CCCCC. The van der Waals surface area contributed by atoms with E-state index in [1.807, 2.05) is 0 Å². The van der Waals surface area contributed by atoms with E-state index in [9.17, 15) is 14.4 Å². The van der Waals surface area contributed by atoms with Crippen LogP contribution in [0.2, 0.25) is 0 Å². The number of carbonyl (C=O) groups excluding carboxylic acids is 3. The number of carbonyl (C=O) groups is 3. The summed E-state index contributed by atoms with van der Waals surface area (Å²) < 4.78 is 16.8. The van der Waals surface area contributed by atoms with E-state index in [1.54, 1.807) is 0 Å². The fraction of sp³-hybridized carbons (Fsp3) is 0.623. The van der Waals surface area contributed by atoms with Crippen molar-refractivity contribution < 1.29 is 28.6 Å². The summed E-state index contributed by atoms with van der Waals surface area (Å²) >= 11 is 0. The Hall–Kier alpha value is -4.19. The molecule has 6 heteroatoms. The van der Waals surface area contributed by atoms with Crippen LogP contribution in [-0.2, 0) is 28.6 Å². The molecule has 0 aliphatic rings. The molecule has 67 heavy (non-hydrogen) atoms. The zero-order valence-corrected chi connectivity index (χ0v) is 43.1. The van der Waals surface area contributed by atoms with Gasteiger partial charge in [0.15, 0.2) is 6.10 Å². The van der Waals surface area contributed by atoms with Gasteiger partial charge in [-0.15, -0.1) is 0 Å². The summed E-state index contributed by atoms with van der Waals surface area (Å²) in [6.45, 7) is 6.38. The first-order valence-corrected chi connectivity index (χ1v) is 27.0. The second kappa shape index (κ2) is 54.4. The van der Waals surface area contributed by atoms with Gasteiger partial charge < -0.3 is 14.2 Å². The molecule has 0 aliphatic heterocycles. The largest absolute Gasteiger partial charge is 0.462 e. The van der Waals surface area contributed by atoms with E-state index in [-0.39, 0.29) is 37.5 Å². The minimum atomic E-state index is -0.820. The molecular formula is C61H98O6. The summed E-state index contributed by atoms with van der Waals surface area (Å²) in [6, 6.07) is 0. The first-order valence-electron chi connectivity index (χ1n) is 27.0. The Labute approximate surface area is 412 Å². The lowest BCUT2D eigenvalue weighted by Crippen LogP contribution is -2.30. The molecule has 0 aromatic heterocycles. The molecular weight excluding hydrogens is 829 g/mol. The van der Waals surface area contributed by atoms with E-state index < -0.39 is 6.10 Å². The Kier molecular flexibility index (Phi) is 51.0. The first-order chi connectivity index (χ1) is 33.0. The normalized spacial score (nSPS) is 13.1. The molecule has 0 radical (unpaired) electrons. The van der Waals surface area contributed by atoms with E-state index in [1.165, 1.54) is 51.4 Å². The minimum Gasteiger partial charge on any atom is -0.462 e.